The molecule has 0 saturated carbocycles. The number of nitrogens with zero attached hydrogens (tertiary/aromatic N) is 1. The van der Waals surface area contributed by atoms with Crippen LogP contribution in [-0.2, 0) is 5.66 Å². The zero-order chi connectivity index (χ0) is 9.47. The highest BCUT2D eigenvalue weighted by atomic mass is 32.1. The molecule has 0 aromatic carbocycles. The lowest BCUT2D eigenvalue weighted by Gasteiger charge is -2.22. The Kier molecular flexibility index (Phi) is 2.02. The summed E-state index contributed by atoms with van der Waals surface area (Å²) in [5.74, 6) is 0. The molecule has 1 aromatic rings. The Bertz CT molecular complexity index is 322. The van der Waals surface area contributed by atoms with Gasteiger partial charge in [-0.25, -0.2) is 5.43 Å². The summed E-state index contributed by atoms with van der Waals surface area (Å²) < 4.78 is 0. The third-order valence-electron chi connectivity index (χ3n) is 2.07. The van der Waals surface area contributed by atoms with Gasteiger partial charge in [0.05, 0.1) is 0 Å². The fourth-order valence-corrected chi connectivity index (χ4v) is 2.43. The molecule has 0 radical (unpaired) electrons. The van der Waals surface area contributed by atoms with Gasteiger partial charge in [0.15, 0.2) is 5.11 Å². The molecule has 0 spiro atoms. The average Bonchev–Trinajstić information content (AvgIpc) is 2.61. The highest BCUT2D eigenvalue weighted by Gasteiger charge is 2.36. The van der Waals surface area contributed by atoms with Crippen molar-refractivity contribution in [3.8, 4) is 0 Å². The lowest BCUT2D eigenvalue weighted by molar-refractivity contribution is 0.271. The number of hydrogen-bond acceptors (Lipinski definition) is 3. The van der Waals surface area contributed by atoms with Crippen LogP contribution in [0.5, 0.6) is 0 Å². The second-order valence-electron chi connectivity index (χ2n) is 3.20. The summed E-state index contributed by atoms with van der Waals surface area (Å²) in [5, 5.41) is 7.86. The molecule has 1 aliphatic rings. The minimum Gasteiger partial charge on any atom is -0.338 e. The zero-order valence-corrected chi connectivity index (χ0v) is 9.13. The summed E-state index contributed by atoms with van der Waals surface area (Å²) in [7, 11) is 1.91. The molecule has 1 aromatic heterocycles. The average molecular weight is 213 g/mol. The molecule has 1 saturated heterocycles. The Morgan fingerprint density at radius 3 is 2.85 bits per heavy atom. The van der Waals surface area contributed by atoms with Gasteiger partial charge in [0, 0.05) is 11.9 Å². The van der Waals surface area contributed by atoms with E-state index in [1.54, 1.807) is 11.3 Å². The molecule has 0 unspecified atom stereocenters. The minimum atomic E-state index is -0.236. The molecule has 5 heteroatoms. The van der Waals surface area contributed by atoms with Crippen molar-refractivity contribution in [3.05, 3.63) is 22.4 Å². The molecule has 2 N–H and O–H groups in total. The van der Waals surface area contributed by atoms with Gasteiger partial charge in [0.1, 0.15) is 5.66 Å². The first kappa shape index (κ1) is 8.93. The Morgan fingerprint density at radius 1 is 1.62 bits per heavy atom. The molecule has 1 atom stereocenters. The van der Waals surface area contributed by atoms with Crippen LogP contribution in [0, 0.1) is 0 Å². The molecule has 13 heavy (non-hydrogen) atoms. The number of thiophene rings is 1. The smallest absolute Gasteiger partial charge is 0.185 e. The van der Waals surface area contributed by atoms with Gasteiger partial charge >= 0.3 is 0 Å². The van der Waals surface area contributed by atoms with Crippen LogP contribution in [0.1, 0.15) is 11.8 Å². The van der Waals surface area contributed by atoms with Crippen LogP contribution < -0.4 is 10.7 Å². The largest absolute Gasteiger partial charge is 0.338 e. The van der Waals surface area contributed by atoms with Crippen molar-refractivity contribution in [1.29, 1.82) is 0 Å². The summed E-state index contributed by atoms with van der Waals surface area (Å²) in [4.78, 5) is 1.24. The number of rotatable bonds is 1. The van der Waals surface area contributed by atoms with Crippen LogP contribution in [0.3, 0.4) is 0 Å². The molecule has 1 aliphatic heterocycles. The molecule has 0 bridgehead atoms. The van der Waals surface area contributed by atoms with E-state index in [-0.39, 0.29) is 5.66 Å². The quantitative estimate of drug-likeness (QED) is 0.687. The molecule has 1 fully saturated rings. The lowest BCUT2D eigenvalue weighted by Crippen LogP contribution is -2.44. The van der Waals surface area contributed by atoms with E-state index >= 15 is 0 Å². The summed E-state index contributed by atoms with van der Waals surface area (Å²) in [6.45, 7) is 2.08. The van der Waals surface area contributed by atoms with Crippen molar-refractivity contribution in [3.63, 3.8) is 0 Å². The fourth-order valence-electron chi connectivity index (χ4n) is 1.39. The lowest BCUT2D eigenvalue weighted by atomic mass is 10.2. The first-order valence-electron chi connectivity index (χ1n) is 3.99. The topological polar surface area (TPSA) is 27.3 Å². The molecule has 3 nitrogen and oxygen atoms in total. The molecule has 0 amide bonds. The van der Waals surface area contributed by atoms with Gasteiger partial charge in [0.2, 0.25) is 0 Å². The predicted octanol–water partition coefficient (Wildman–Crippen LogP) is 1.25. The van der Waals surface area contributed by atoms with Gasteiger partial charge < -0.3 is 5.32 Å². The molecular weight excluding hydrogens is 202 g/mol. The van der Waals surface area contributed by atoms with Gasteiger partial charge in [-0.2, -0.15) is 0 Å². The molecule has 0 aliphatic carbocycles. The Labute approximate surface area is 86.7 Å². The van der Waals surface area contributed by atoms with E-state index in [2.05, 4.69) is 29.1 Å². The molecule has 70 valence electrons. The number of hydrogen-bond donors (Lipinski definition) is 2. The molecular formula is C8H11N3S2. The predicted molar refractivity (Wildman–Crippen MR) is 58.3 cm³/mol. The third-order valence-corrected chi connectivity index (χ3v) is 3.53. The maximum atomic E-state index is 5.12. The summed E-state index contributed by atoms with van der Waals surface area (Å²) in [6, 6.07) is 4.13. The second-order valence-corrected chi connectivity index (χ2v) is 4.54. The third kappa shape index (κ3) is 1.43. The van der Waals surface area contributed by atoms with E-state index in [0.717, 1.165) is 5.11 Å². The summed E-state index contributed by atoms with van der Waals surface area (Å²) in [6.07, 6.45) is 0. The van der Waals surface area contributed by atoms with E-state index in [1.807, 2.05) is 18.1 Å². The second kappa shape index (κ2) is 2.94. The minimum absolute atomic E-state index is 0.236. The van der Waals surface area contributed by atoms with Crippen molar-refractivity contribution in [2.24, 2.45) is 0 Å². The van der Waals surface area contributed by atoms with Crippen molar-refractivity contribution in [1.82, 2.24) is 15.8 Å². The molecule has 2 heterocycles. The van der Waals surface area contributed by atoms with E-state index in [0.29, 0.717) is 0 Å². The van der Waals surface area contributed by atoms with Gasteiger partial charge in [-0.15, -0.1) is 11.3 Å². The van der Waals surface area contributed by atoms with Gasteiger partial charge in [-0.1, -0.05) is 6.07 Å². The van der Waals surface area contributed by atoms with E-state index < -0.39 is 0 Å². The summed E-state index contributed by atoms with van der Waals surface area (Å²) >= 11 is 6.83. The SMILES string of the molecule is CN1N[C@@](C)(c2cccs2)NC1=S. The van der Waals surface area contributed by atoms with Crippen LogP contribution in [-0.4, -0.2) is 17.2 Å². The normalized spacial score (nSPS) is 27.8. The van der Waals surface area contributed by atoms with E-state index in [9.17, 15) is 0 Å². The Hall–Kier alpha value is -0.650. The van der Waals surface area contributed by atoms with Gasteiger partial charge in [0.25, 0.3) is 0 Å². The Morgan fingerprint density at radius 2 is 2.38 bits per heavy atom. The van der Waals surface area contributed by atoms with Crippen LogP contribution >= 0.6 is 23.6 Å². The van der Waals surface area contributed by atoms with Crippen LogP contribution in [0.2, 0.25) is 0 Å². The first-order chi connectivity index (χ1) is 6.12. The maximum absolute atomic E-state index is 5.12. The summed E-state index contributed by atoms with van der Waals surface area (Å²) in [5.41, 5.74) is 3.04. The van der Waals surface area contributed by atoms with Gasteiger partial charge in [-0.3, -0.25) is 5.01 Å². The molecule has 2 rings (SSSR count). The number of hydrazine groups is 1. The fraction of sp³-hybridized carbons (Fsp3) is 0.375. The first-order valence-corrected chi connectivity index (χ1v) is 5.28. The van der Waals surface area contributed by atoms with Crippen molar-refractivity contribution in [2.75, 3.05) is 7.05 Å². The number of nitrogens with one attached hydrogen (secondary N) is 2. The van der Waals surface area contributed by atoms with Crippen LogP contribution in [0.4, 0.5) is 0 Å². The van der Waals surface area contributed by atoms with Crippen molar-refractivity contribution >= 4 is 28.7 Å². The number of thiocarbonyl (C=S) groups is 1. The monoisotopic (exact) mass is 213 g/mol. The van der Waals surface area contributed by atoms with Crippen LogP contribution in [0.25, 0.3) is 0 Å². The maximum Gasteiger partial charge on any atom is 0.185 e. The van der Waals surface area contributed by atoms with Crippen molar-refractivity contribution in [2.45, 2.75) is 12.6 Å². The van der Waals surface area contributed by atoms with Gasteiger partial charge in [-0.05, 0) is 30.6 Å². The standard InChI is InChI=1S/C8H11N3S2/c1-8(6-4-3-5-13-6)9-7(12)11(2)10-8/h3-5,10H,1-2H3,(H,9,12)/t8-/m0/s1. The highest BCUT2D eigenvalue weighted by Crippen LogP contribution is 2.25. The van der Waals surface area contributed by atoms with E-state index in [1.165, 1.54) is 4.88 Å². The zero-order valence-electron chi connectivity index (χ0n) is 7.50. The van der Waals surface area contributed by atoms with E-state index in [4.69, 9.17) is 12.2 Å². The van der Waals surface area contributed by atoms with Crippen molar-refractivity contribution < 1.29 is 0 Å². The Balaban J connectivity index is 2.29. The van der Waals surface area contributed by atoms with Crippen LogP contribution in [0.15, 0.2) is 17.5 Å². The highest BCUT2D eigenvalue weighted by molar-refractivity contribution is 7.80.